The van der Waals surface area contributed by atoms with Gasteiger partial charge in [-0.15, -0.1) is 0 Å². The Bertz CT molecular complexity index is 698. The molecule has 0 spiro atoms. The van der Waals surface area contributed by atoms with Crippen LogP contribution >= 0.6 is 0 Å². The zero-order valence-electron chi connectivity index (χ0n) is 16.6. The molecule has 0 aromatic heterocycles. The number of hydrogen-bond acceptors (Lipinski definition) is 5. The van der Waals surface area contributed by atoms with Crippen molar-refractivity contribution in [1.29, 1.82) is 0 Å². The fraction of sp³-hybridized carbons (Fsp3) is 0.632. The Kier molecular flexibility index (Phi) is 7.91. The molecule has 1 aromatic rings. The van der Waals surface area contributed by atoms with Gasteiger partial charge in [-0.1, -0.05) is 0 Å². The van der Waals surface area contributed by atoms with Crippen LogP contribution in [0.3, 0.4) is 0 Å². The molecule has 1 aliphatic heterocycles. The molecule has 27 heavy (non-hydrogen) atoms. The van der Waals surface area contributed by atoms with Crippen molar-refractivity contribution in [2.24, 2.45) is 0 Å². The van der Waals surface area contributed by atoms with Crippen molar-refractivity contribution in [3.8, 4) is 0 Å². The number of piperidine rings is 1. The SMILES string of the molecule is CN(C)CCCNC(=O)CN(c1ccc(N2CCCCC2)cc1)S(C)(=O)=O. The summed E-state index contributed by atoms with van der Waals surface area (Å²) in [5.74, 6) is -0.292. The highest BCUT2D eigenvalue weighted by Gasteiger charge is 2.21. The lowest BCUT2D eigenvalue weighted by atomic mass is 10.1. The molecule has 0 radical (unpaired) electrons. The van der Waals surface area contributed by atoms with E-state index in [-0.39, 0.29) is 12.5 Å². The van der Waals surface area contributed by atoms with E-state index in [0.29, 0.717) is 12.2 Å². The highest BCUT2D eigenvalue weighted by molar-refractivity contribution is 7.92. The lowest BCUT2D eigenvalue weighted by molar-refractivity contribution is -0.119. The molecule has 1 heterocycles. The number of carbonyl (C=O) groups excluding carboxylic acids is 1. The Morgan fingerprint density at radius 2 is 1.74 bits per heavy atom. The van der Waals surface area contributed by atoms with E-state index in [9.17, 15) is 13.2 Å². The summed E-state index contributed by atoms with van der Waals surface area (Å²) in [6.07, 6.45) is 5.59. The van der Waals surface area contributed by atoms with Gasteiger partial charge < -0.3 is 15.1 Å². The molecule has 0 bridgehead atoms. The van der Waals surface area contributed by atoms with Crippen LogP contribution in [-0.2, 0) is 14.8 Å². The number of amides is 1. The van der Waals surface area contributed by atoms with Crippen LogP contribution in [0.1, 0.15) is 25.7 Å². The van der Waals surface area contributed by atoms with Gasteiger partial charge in [0.1, 0.15) is 6.54 Å². The Morgan fingerprint density at radius 1 is 1.11 bits per heavy atom. The van der Waals surface area contributed by atoms with E-state index in [1.54, 1.807) is 12.1 Å². The quantitative estimate of drug-likeness (QED) is 0.641. The van der Waals surface area contributed by atoms with Crippen LogP contribution in [0.5, 0.6) is 0 Å². The van der Waals surface area contributed by atoms with E-state index in [1.807, 2.05) is 31.1 Å². The van der Waals surface area contributed by atoms with Crippen LogP contribution in [0.4, 0.5) is 11.4 Å². The minimum absolute atomic E-state index is 0.205. The van der Waals surface area contributed by atoms with E-state index >= 15 is 0 Å². The van der Waals surface area contributed by atoms with Gasteiger partial charge in [0.15, 0.2) is 0 Å². The summed E-state index contributed by atoms with van der Waals surface area (Å²) >= 11 is 0. The second-order valence-corrected chi connectivity index (χ2v) is 9.25. The highest BCUT2D eigenvalue weighted by atomic mass is 32.2. The number of anilines is 2. The average Bonchev–Trinajstić information content (AvgIpc) is 2.63. The monoisotopic (exact) mass is 396 g/mol. The maximum atomic E-state index is 12.2. The summed E-state index contributed by atoms with van der Waals surface area (Å²) < 4.78 is 25.6. The maximum Gasteiger partial charge on any atom is 0.240 e. The predicted octanol–water partition coefficient (Wildman–Crippen LogP) is 1.51. The van der Waals surface area contributed by atoms with Crippen molar-refractivity contribution in [2.75, 3.05) is 62.3 Å². The van der Waals surface area contributed by atoms with E-state index in [0.717, 1.165) is 42.3 Å². The molecule has 7 nitrogen and oxygen atoms in total. The fourth-order valence-corrected chi connectivity index (χ4v) is 4.05. The first-order chi connectivity index (χ1) is 12.8. The standard InChI is InChI=1S/C19H32N4O3S/c1-21(2)13-7-12-20-19(24)16-23(27(3,25)26)18-10-8-17(9-11-18)22-14-5-4-6-15-22/h8-11H,4-7,12-16H2,1-3H3,(H,20,24). The third-order valence-corrected chi connectivity index (χ3v) is 5.79. The van der Waals surface area contributed by atoms with Gasteiger partial charge in [-0.05, 0) is 70.6 Å². The van der Waals surface area contributed by atoms with Gasteiger partial charge in [0, 0.05) is 25.3 Å². The third-order valence-electron chi connectivity index (χ3n) is 4.65. The average molecular weight is 397 g/mol. The van der Waals surface area contributed by atoms with Crippen LogP contribution in [0, 0.1) is 0 Å². The molecular weight excluding hydrogens is 364 g/mol. The lowest BCUT2D eigenvalue weighted by Gasteiger charge is -2.29. The van der Waals surface area contributed by atoms with Crippen molar-refractivity contribution in [3.63, 3.8) is 0 Å². The molecule has 8 heteroatoms. The van der Waals surface area contributed by atoms with Gasteiger partial charge in [-0.3, -0.25) is 9.10 Å². The molecule has 1 amide bonds. The molecule has 152 valence electrons. The van der Waals surface area contributed by atoms with E-state index < -0.39 is 10.0 Å². The van der Waals surface area contributed by atoms with Crippen molar-refractivity contribution in [2.45, 2.75) is 25.7 Å². The third kappa shape index (κ3) is 7.03. The first-order valence-electron chi connectivity index (χ1n) is 9.51. The van der Waals surface area contributed by atoms with Gasteiger partial charge in [0.25, 0.3) is 0 Å². The summed E-state index contributed by atoms with van der Waals surface area (Å²) in [6.45, 7) is 3.26. The number of nitrogens with one attached hydrogen (secondary N) is 1. The molecule has 1 saturated heterocycles. The van der Waals surface area contributed by atoms with Crippen LogP contribution in [0.15, 0.2) is 24.3 Å². The van der Waals surface area contributed by atoms with E-state index in [1.165, 1.54) is 19.3 Å². The smallest absolute Gasteiger partial charge is 0.240 e. The van der Waals surface area contributed by atoms with Crippen LogP contribution < -0.4 is 14.5 Å². The largest absolute Gasteiger partial charge is 0.372 e. The number of carbonyl (C=O) groups is 1. The minimum atomic E-state index is -3.54. The van der Waals surface area contributed by atoms with Gasteiger partial charge >= 0.3 is 0 Å². The first-order valence-corrected chi connectivity index (χ1v) is 11.4. The number of rotatable bonds is 9. The molecule has 0 aliphatic carbocycles. The van der Waals surface area contributed by atoms with Crippen LogP contribution in [0.2, 0.25) is 0 Å². The summed E-state index contributed by atoms with van der Waals surface area (Å²) in [6, 6.07) is 7.44. The summed E-state index contributed by atoms with van der Waals surface area (Å²) in [4.78, 5) is 16.5. The zero-order valence-corrected chi connectivity index (χ0v) is 17.5. The highest BCUT2D eigenvalue weighted by Crippen LogP contribution is 2.24. The minimum Gasteiger partial charge on any atom is -0.372 e. The molecule has 1 aromatic carbocycles. The van der Waals surface area contributed by atoms with Crippen molar-refractivity contribution in [1.82, 2.24) is 10.2 Å². The lowest BCUT2D eigenvalue weighted by Crippen LogP contribution is -2.41. The second kappa shape index (κ2) is 9.94. The maximum absolute atomic E-state index is 12.2. The van der Waals surface area contributed by atoms with Crippen LogP contribution in [0.25, 0.3) is 0 Å². The summed E-state index contributed by atoms with van der Waals surface area (Å²) in [7, 11) is 0.402. The van der Waals surface area contributed by atoms with Crippen molar-refractivity contribution < 1.29 is 13.2 Å². The number of hydrogen-bond donors (Lipinski definition) is 1. The summed E-state index contributed by atoms with van der Waals surface area (Å²) in [5.41, 5.74) is 1.61. The molecular formula is C19H32N4O3S. The number of nitrogens with zero attached hydrogens (tertiary/aromatic N) is 3. The van der Waals surface area contributed by atoms with E-state index in [4.69, 9.17) is 0 Å². The molecule has 0 saturated carbocycles. The van der Waals surface area contributed by atoms with Gasteiger partial charge in [-0.25, -0.2) is 8.42 Å². The topological polar surface area (TPSA) is 73.0 Å². The summed E-state index contributed by atoms with van der Waals surface area (Å²) in [5, 5.41) is 2.79. The molecule has 0 atom stereocenters. The second-order valence-electron chi connectivity index (χ2n) is 7.34. The number of benzene rings is 1. The fourth-order valence-electron chi connectivity index (χ4n) is 3.19. The van der Waals surface area contributed by atoms with E-state index in [2.05, 4.69) is 10.2 Å². The normalized spacial score (nSPS) is 15.0. The van der Waals surface area contributed by atoms with Crippen molar-refractivity contribution >= 4 is 27.3 Å². The Hall–Kier alpha value is -1.80. The molecule has 2 rings (SSSR count). The molecule has 0 unspecified atom stereocenters. The van der Waals surface area contributed by atoms with Crippen LogP contribution in [-0.4, -0.2) is 72.3 Å². The molecule has 1 aliphatic rings. The van der Waals surface area contributed by atoms with Gasteiger partial charge in [0.2, 0.25) is 15.9 Å². The first kappa shape index (κ1) is 21.5. The Morgan fingerprint density at radius 3 is 2.30 bits per heavy atom. The Labute approximate surface area is 163 Å². The van der Waals surface area contributed by atoms with Crippen molar-refractivity contribution in [3.05, 3.63) is 24.3 Å². The Balaban J connectivity index is 2.00. The van der Waals surface area contributed by atoms with Gasteiger partial charge in [-0.2, -0.15) is 0 Å². The molecule has 1 N–H and O–H groups in total. The zero-order chi connectivity index (χ0) is 19.9. The predicted molar refractivity (Wildman–Crippen MR) is 111 cm³/mol. The molecule has 1 fully saturated rings. The number of sulfonamides is 1. The van der Waals surface area contributed by atoms with Gasteiger partial charge in [0.05, 0.1) is 11.9 Å².